The molecule has 130 valence electrons. The van der Waals surface area contributed by atoms with Gasteiger partial charge in [0.2, 0.25) is 0 Å². The van der Waals surface area contributed by atoms with Gasteiger partial charge in [-0.3, -0.25) is 4.79 Å². The van der Waals surface area contributed by atoms with Gasteiger partial charge in [-0.2, -0.15) is 0 Å². The maximum Gasteiger partial charge on any atom is 0.305 e. The van der Waals surface area contributed by atoms with Crippen molar-refractivity contribution in [2.24, 2.45) is 0 Å². The maximum absolute atomic E-state index is 11.2. The molecule has 1 saturated heterocycles. The molecule has 0 radical (unpaired) electrons. The molecule has 0 aromatic carbocycles. The normalized spacial score (nSPS) is 16.8. The van der Waals surface area contributed by atoms with Crippen molar-refractivity contribution in [3.05, 3.63) is 0 Å². The molecule has 0 bridgehead atoms. The van der Waals surface area contributed by atoms with E-state index in [0.29, 0.717) is 13.0 Å². The lowest BCUT2D eigenvalue weighted by molar-refractivity contribution is -0.168. The van der Waals surface area contributed by atoms with E-state index in [1.165, 1.54) is 38.5 Å². The fraction of sp³-hybridized carbons (Fsp3) is 0.944. The van der Waals surface area contributed by atoms with Crippen molar-refractivity contribution in [1.82, 2.24) is 0 Å². The van der Waals surface area contributed by atoms with Gasteiger partial charge in [-0.05, 0) is 26.2 Å². The van der Waals surface area contributed by atoms with Crippen LogP contribution in [-0.2, 0) is 19.0 Å². The van der Waals surface area contributed by atoms with E-state index in [4.69, 9.17) is 14.2 Å². The Kier molecular flexibility index (Phi) is 10.5. The van der Waals surface area contributed by atoms with E-state index in [1.54, 1.807) is 0 Å². The summed E-state index contributed by atoms with van der Waals surface area (Å²) in [5.41, 5.74) is 0. The van der Waals surface area contributed by atoms with E-state index in [-0.39, 0.29) is 11.8 Å². The SMILES string of the molecule is CCCCC1(CCCCCCCCC(=O)OCC)OCCO1. The average molecular weight is 314 g/mol. The number of esters is 1. The van der Waals surface area contributed by atoms with E-state index in [0.717, 1.165) is 38.9 Å². The van der Waals surface area contributed by atoms with E-state index in [1.807, 2.05) is 6.92 Å². The molecule has 0 aromatic rings. The first-order valence-corrected chi connectivity index (χ1v) is 9.16. The van der Waals surface area contributed by atoms with Gasteiger partial charge in [0.05, 0.1) is 19.8 Å². The highest BCUT2D eigenvalue weighted by molar-refractivity contribution is 5.69. The van der Waals surface area contributed by atoms with Crippen molar-refractivity contribution >= 4 is 5.97 Å². The number of carbonyl (C=O) groups is 1. The zero-order chi connectivity index (χ0) is 16.1. The number of carbonyl (C=O) groups excluding carboxylic acids is 1. The smallest absolute Gasteiger partial charge is 0.305 e. The Bertz CT molecular complexity index is 285. The van der Waals surface area contributed by atoms with E-state index in [2.05, 4.69) is 6.92 Å². The maximum atomic E-state index is 11.2. The second kappa shape index (κ2) is 11.9. The molecule has 1 fully saturated rings. The predicted molar refractivity (Wildman–Crippen MR) is 87.7 cm³/mol. The lowest BCUT2D eigenvalue weighted by atomic mass is 10.0. The third kappa shape index (κ3) is 8.14. The molecule has 0 saturated carbocycles. The van der Waals surface area contributed by atoms with Gasteiger partial charge in [0.1, 0.15) is 0 Å². The first kappa shape index (κ1) is 19.4. The van der Waals surface area contributed by atoms with Gasteiger partial charge in [-0.25, -0.2) is 0 Å². The first-order chi connectivity index (χ1) is 10.7. The molecule has 1 rings (SSSR count). The van der Waals surface area contributed by atoms with Crippen LogP contribution in [0.4, 0.5) is 0 Å². The molecule has 0 unspecified atom stereocenters. The van der Waals surface area contributed by atoms with Crippen molar-refractivity contribution in [3.8, 4) is 0 Å². The predicted octanol–water partition coefficient (Wildman–Crippen LogP) is 4.60. The van der Waals surface area contributed by atoms with Gasteiger partial charge in [-0.15, -0.1) is 0 Å². The lowest BCUT2D eigenvalue weighted by Gasteiger charge is -2.27. The highest BCUT2D eigenvalue weighted by Gasteiger charge is 2.34. The molecule has 22 heavy (non-hydrogen) atoms. The second-order valence-corrected chi connectivity index (χ2v) is 6.14. The van der Waals surface area contributed by atoms with E-state index >= 15 is 0 Å². The summed E-state index contributed by atoms with van der Waals surface area (Å²) in [6, 6.07) is 0. The monoisotopic (exact) mass is 314 g/mol. The standard InChI is InChI=1S/C18H34O4/c1-3-5-13-18(21-15-16-22-18)14-11-9-7-6-8-10-12-17(19)20-4-2/h3-16H2,1-2H3. The molecular weight excluding hydrogens is 280 g/mol. The summed E-state index contributed by atoms with van der Waals surface area (Å²) in [6.07, 6.45) is 11.9. The first-order valence-electron chi connectivity index (χ1n) is 9.16. The Hall–Kier alpha value is -0.610. The third-order valence-electron chi connectivity index (χ3n) is 4.22. The van der Waals surface area contributed by atoms with E-state index < -0.39 is 0 Å². The topological polar surface area (TPSA) is 44.8 Å². The molecule has 1 aliphatic rings. The molecule has 0 N–H and O–H groups in total. The number of hydrogen-bond donors (Lipinski definition) is 0. The van der Waals surface area contributed by atoms with Crippen LogP contribution < -0.4 is 0 Å². The minimum Gasteiger partial charge on any atom is -0.466 e. The summed E-state index contributed by atoms with van der Waals surface area (Å²) < 4.78 is 16.6. The van der Waals surface area contributed by atoms with Crippen molar-refractivity contribution < 1.29 is 19.0 Å². The molecule has 0 amide bonds. The average Bonchev–Trinajstić information content (AvgIpc) is 2.97. The zero-order valence-electron chi connectivity index (χ0n) is 14.5. The van der Waals surface area contributed by atoms with Gasteiger partial charge in [0.15, 0.2) is 5.79 Å². The Balaban J connectivity index is 1.98. The molecule has 0 atom stereocenters. The van der Waals surface area contributed by atoms with Crippen LogP contribution in [0.3, 0.4) is 0 Å². The Morgan fingerprint density at radius 3 is 2.14 bits per heavy atom. The molecule has 0 aliphatic carbocycles. The minimum atomic E-state index is -0.278. The number of unbranched alkanes of at least 4 members (excludes halogenated alkanes) is 6. The summed E-state index contributed by atoms with van der Waals surface area (Å²) in [4.78, 5) is 11.2. The third-order valence-corrected chi connectivity index (χ3v) is 4.22. The molecule has 1 heterocycles. The van der Waals surface area contributed by atoms with Crippen LogP contribution >= 0.6 is 0 Å². The van der Waals surface area contributed by atoms with Crippen LogP contribution in [0.5, 0.6) is 0 Å². The van der Waals surface area contributed by atoms with Crippen molar-refractivity contribution in [2.45, 2.75) is 90.3 Å². The fourth-order valence-electron chi connectivity index (χ4n) is 2.96. The fourth-order valence-corrected chi connectivity index (χ4v) is 2.96. The number of rotatable bonds is 13. The van der Waals surface area contributed by atoms with Crippen LogP contribution in [-0.4, -0.2) is 31.6 Å². The van der Waals surface area contributed by atoms with Crippen molar-refractivity contribution in [1.29, 1.82) is 0 Å². The molecule has 0 aromatic heterocycles. The van der Waals surface area contributed by atoms with Gasteiger partial charge in [0.25, 0.3) is 0 Å². The summed E-state index contributed by atoms with van der Waals surface area (Å²) in [5, 5.41) is 0. The van der Waals surface area contributed by atoms with Gasteiger partial charge < -0.3 is 14.2 Å². The van der Waals surface area contributed by atoms with Crippen LogP contribution in [0.2, 0.25) is 0 Å². The molecule has 1 aliphatic heterocycles. The summed E-state index contributed by atoms with van der Waals surface area (Å²) in [5.74, 6) is -0.337. The highest BCUT2D eigenvalue weighted by Crippen LogP contribution is 2.31. The van der Waals surface area contributed by atoms with Crippen molar-refractivity contribution in [3.63, 3.8) is 0 Å². The lowest BCUT2D eigenvalue weighted by Crippen LogP contribution is -2.29. The summed E-state index contributed by atoms with van der Waals surface area (Å²) in [7, 11) is 0. The summed E-state index contributed by atoms with van der Waals surface area (Å²) >= 11 is 0. The molecule has 4 heteroatoms. The molecule has 4 nitrogen and oxygen atoms in total. The van der Waals surface area contributed by atoms with Gasteiger partial charge >= 0.3 is 5.97 Å². The van der Waals surface area contributed by atoms with Crippen molar-refractivity contribution in [2.75, 3.05) is 19.8 Å². The van der Waals surface area contributed by atoms with Crippen LogP contribution in [0.15, 0.2) is 0 Å². The van der Waals surface area contributed by atoms with Gasteiger partial charge in [0, 0.05) is 19.3 Å². The second-order valence-electron chi connectivity index (χ2n) is 6.14. The molecule has 0 spiro atoms. The van der Waals surface area contributed by atoms with Crippen LogP contribution in [0, 0.1) is 0 Å². The Morgan fingerprint density at radius 1 is 0.909 bits per heavy atom. The van der Waals surface area contributed by atoms with Crippen LogP contribution in [0.1, 0.15) is 84.5 Å². The Morgan fingerprint density at radius 2 is 1.50 bits per heavy atom. The number of ether oxygens (including phenoxy) is 3. The zero-order valence-corrected chi connectivity index (χ0v) is 14.5. The largest absolute Gasteiger partial charge is 0.466 e. The van der Waals surface area contributed by atoms with Crippen LogP contribution in [0.25, 0.3) is 0 Å². The summed E-state index contributed by atoms with van der Waals surface area (Å²) in [6.45, 7) is 6.04. The quantitative estimate of drug-likeness (QED) is 0.368. The number of hydrogen-bond acceptors (Lipinski definition) is 4. The minimum absolute atomic E-state index is 0.0594. The van der Waals surface area contributed by atoms with E-state index in [9.17, 15) is 4.79 Å². The highest BCUT2D eigenvalue weighted by atomic mass is 16.7. The van der Waals surface area contributed by atoms with Gasteiger partial charge in [-0.1, -0.05) is 39.0 Å². The Labute approximate surface area is 135 Å². The molecular formula is C18H34O4.